The standard InChI is InChI=1S/C23H30O3/c24-23(25)14-7-2-1-4-12-21-15-17-22(18-16-21)26-19-9-8-13-20-10-5-3-6-11-20/h3,5-6,10-11,15-18H,1-2,4,7-9,12-14,19H2,(H,24,25). The molecular weight excluding hydrogens is 324 g/mol. The molecule has 0 atom stereocenters. The lowest BCUT2D eigenvalue weighted by Crippen LogP contribution is -1.98. The zero-order valence-electron chi connectivity index (χ0n) is 15.5. The van der Waals surface area contributed by atoms with Gasteiger partial charge in [0.2, 0.25) is 0 Å². The third-order valence-electron chi connectivity index (χ3n) is 4.50. The molecule has 0 fully saturated rings. The van der Waals surface area contributed by atoms with E-state index in [1.807, 2.05) is 0 Å². The lowest BCUT2D eigenvalue weighted by Gasteiger charge is -2.08. The normalized spacial score (nSPS) is 10.6. The Labute approximate surface area is 157 Å². The van der Waals surface area contributed by atoms with Crippen LogP contribution in [0.15, 0.2) is 54.6 Å². The van der Waals surface area contributed by atoms with Crippen LogP contribution >= 0.6 is 0 Å². The Bertz CT molecular complexity index is 620. The van der Waals surface area contributed by atoms with Crippen LogP contribution in [0.5, 0.6) is 5.75 Å². The summed E-state index contributed by atoms with van der Waals surface area (Å²) in [5.41, 5.74) is 2.71. The zero-order chi connectivity index (χ0) is 18.5. The number of carboxylic acids is 1. The Hall–Kier alpha value is -2.29. The summed E-state index contributed by atoms with van der Waals surface area (Å²) >= 11 is 0. The predicted octanol–water partition coefficient (Wildman–Crippen LogP) is 5.67. The first kappa shape index (κ1) is 20.0. The first-order valence-corrected chi connectivity index (χ1v) is 9.71. The topological polar surface area (TPSA) is 46.5 Å². The lowest BCUT2D eigenvalue weighted by atomic mass is 10.1. The SMILES string of the molecule is O=C(O)CCCCCCc1ccc(OCCCCc2ccccc2)cc1. The smallest absolute Gasteiger partial charge is 0.303 e. The van der Waals surface area contributed by atoms with Crippen molar-refractivity contribution in [1.82, 2.24) is 0 Å². The fraction of sp³-hybridized carbons (Fsp3) is 0.435. The monoisotopic (exact) mass is 354 g/mol. The van der Waals surface area contributed by atoms with E-state index in [9.17, 15) is 4.79 Å². The van der Waals surface area contributed by atoms with Crippen LogP contribution in [-0.2, 0) is 17.6 Å². The van der Waals surface area contributed by atoms with Crippen LogP contribution in [0.2, 0.25) is 0 Å². The van der Waals surface area contributed by atoms with Crippen LogP contribution in [0.25, 0.3) is 0 Å². The quantitative estimate of drug-likeness (QED) is 0.472. The number of benzene rings is 2. The second-order valence-electron chi connectivity index (χ2n) is 6.74. The van der Waals surface area contributed by atoms with E-state index < -0.39 is 5.97 Å². The van der Waals surface area contributed by atoms with E-state index >= 15 is 0 Å². The number of hydrogen-bond acceptors (Lipinski definition) is 2. The molecule has 0 amide bonds. The fourth-order valence-corrected chi connectivity index (χ4v) is 2.98. The average molecular weight is 354 g/mol. The molecule has 0 aromatic heterocycles. The highest BCUT2D eigenvalue weighted by Crippen LogP contribution is 2.15. The Morgan fingerprint density at radius 3 is 2.04 bits per heavy atom. The Morgan fingerprint density at radius 2 is 1.35 bits per heavy atom. The summed E-state index contributed by atoms with van der Waals surface area (Å²) in [6.45, 7) is 0.760. The highest BCUT2D eigenvalue weighted by molar-refractivity contribution is 5.66. The van der Waals surface area contributed by atoms with Gasteiger partial charge >= 0.3 is 5.97 Å². The largest absolute Gasteiger partial charge is 0.494 e. The maximum atomic E-state index is 10.5. The molecule has 0 aliphatic rings. The number of carboxylic acid groups (broad SMARTS) is 1. The van der Waals surface area contributed by atoms with Gasteiger partial charge in [0.15, 0.2) is 0 Å². The molecule has 0 spiro atoms. The maximum absolute atomic E-state index is 10.5. The molecule has 3 heteroatoms. The molecule has 2 rings (SSSR count). The second kappa shape index (κ2) is 12.1. The van der Waals surface area contributed by atoms with Crippen LogP contribution in [-0.4, -0.2) is 17.7 Å². The number of aryl methyl sites for hydroxylation is 2. The fourth-order valence-electron chi connectivity index (χ4n) is 2.98. The van der Waals surface area contributed by atoms with E-state index in [1.165, 1.54) is 11.1 Å². The van der Waals surface area contributed by atoms with Crippen molar-refractivity contribution in [2.45, 2.75) is 57.8 Å². The summed E-state index contributed by atoms with van der Waals surface area (Å²) < 4.78 is 5.82. The van der Waals surface area contributed by atoms with E-state index in [2.05, 4.69) is 54.6 Å². The number of carbonyl (C=O) groups is 1. The van der Waals surface area contributed by atoms with Gasteiger partial charge in [0, 0.05) is 6.42 Å². The van der Waals surface area contributed by atoms with Crippen molar-refractivity contribution in [1.29, 1.82) is 0 Å². The molecule has 0 aliphatic heterocycles. The predicted molar refractivity (Wildman–Crippen MR) is 106 cm³/mol. The molecule has 0 aliphatic carbocycles. The van der Waals surface area contributed by atoms with E-state index in [-0.39, 0.29) is 6.42 Å². The van der Waals surface area contributed by atoms with Gasteiger partial charge in [0.1, 0.15) is 5.75 Å². The summed E-state index contributed by atoms with van der Waals surface area (Å²) in [6.07, 6.45) is 8.63. The van der Waals surface area contributed by atoms with E-state index in [0.717, 1.165) is 63.7 Å². The molecule has 2 aromatic rings. The maximum Gasteiger partial charge on any atom is 0.303 e. The summed E-state index contributed by atoms with van der Waals surface area (Å²) in [4.78, 5) is 10.5. The summed E-state index contributed by atoms with van der Waals surface area (Å²) in [7, 11) is 0. The van der Waals surface area contributed by atoms with Gasteiger partial charge in [-0.2, -0.15) is 0 Å². The van der Waals surface area contributed by atoms with Gasteiger partial charge in [0.25, 0.3) is 0 Å². The van der Waals surface area contributed by atoms with Crippen molar-refractivity contribution >= 4 is 5.97 Å². The molecule has 0 radical (unpaired) electrons. The second-order valence-corrected chi connectivity index (χ2v) is 6.74. The molecule has 0 unspecified atom stereocenters. The minimum atomic E-state index is -0.694. The molecule has 0 saturated carbocycles. The Kier molecular flexibility index (Phi) is 9.34. The van der Waals surface area contributed by atoms with E-state index in [0.29, 0.717) is 0 Å². The van der Waals surface area contributed by atoms with Crippen molar-refractivity contribution in [2.75, 3.05) is 6.61 Å². The van der Waals surface area contributed by atoms with Crippen LogP contribution < -0.4 is 4.74 Å². The molecule has 0 heterocycles. The molecule has 0 saturated heterocycles. The minimum Gasteiger partial charge on any atom is -0.494 e. The highest BCUT2D eigenvalue weighted by atomic mass is 16.5. The number of aliphatic carboxylic acids is 1. The van der Waals surface area contributed by atoms with Crippen LogP contribution in [0.1, 0.15) is 56.1 Å². The van der Waals surface area contributed by atoms with Gasteiger partial charge in [-0.1, -0.05) is 55.3 Å². The van der Waals surface area contributed by atoms with Gasteiger partial charge in [-0.15, -0.1) is 0 Å². The first-order valence-electron chi connectivity index (χ1n) is 9.71. The zero-order valence-corrected chi connectivity index (χ0v) is 15.5. The van der Waals surface area contributed by atoms with Crippen LogP contribution in [0, 0.1) is 0 Å². The van der Waals surface area contributed by atoms with Crippen molar-refractivity contribution < 1.29 is 14.6 Å². The van der Waals surface area contributed by atoms with Crippen LogP contribution in [0.3, 0.4) is 0 Å². The average Bonchev–Trinajstić information content (AvgIpc) is 2.66. The van der Waals surface area contributed by atoms with Gasteiger partial charge in [-0.3, -0.25) is 4.79 Å². The third kappa shape index (κ3) is 8.70. The Morgan fingerprint density at radius 1 is 0.731 bits per heavy atom. The molecule has 0 bridgehead atoms. The number of ether oxygens (including phenoxy) is 1. The Balaban J connectivity index is 1.53. The molecule has 2 aromatic carbocycles. The van der Waals surface area contributed by atoms with Gasteiger partial charge in [0.05, 0.1) is 6.61 Å². The third-order valence-corrected chi connectivity index (χ3v) is 4.50. The first-order chi connectivity index (χ1) is 12.7. The van der Waals surface area contributed by atoms with Crippen molar-refractivity contribution in [3.63, 3.8) is 0 Å². The molecule has 140 valence electrons. The number of hydrogen-bond donors (Lipinski definition) is 1. The highest BCUT2D eigenvalue weighted by Gasteiger charge is 1.99. The number of rotatable bonds is 13. The van der Waals surface area contributed by atoms with Crippen LogP contribution in [0.4, 0.5) is 0 Å². The van der Waals surface area contributed by atoms with Gasteiger partial charge < -0.3 is 9.84 Å². The molecule has 26 heavy (non-hydrogen) atoms. The van der Waals surface area contributed by atoms with Crippen molar-refractivity contribution in [3.05, 3.63) is 65.7 Å². The lowest BCUT2D eigenvalue weighted by molar-refractivity contribution is -0.137. The molecular formula is C23H30O3. The van der Waals surface area contributed by atoms with E-state index in [1.54, 1.807) is 0 Å². The summed E-state index contributed by atoms with van der Waals surface area (Å²) in [5, 5.41) is 8.61. The molecule has 3 nitrogen and oxygen atoms in total. The minimum absolute atomic E-state index is 0.289. The molecule has 1 N–H and O–H groups in total. The van der Waals surface area contributed by atoms with E-state index in [4.69, 9.17) is 9.84 Å². The van der Waals surface area contributed by atoms with Crippen molar-refractivity contribution in [2.24, 2.45) is 0 Å². The summed E-state index contributed by atoms with van der Waals surface area (Å²) in [6, 6.07) is 18.9. The van der Waals surface area contributed by atoms with Crippen molar-refractivity contribution in [3.8, 4) is 5.75 Å². The summed E-state index contributed by atoms with van der Waals surface area (Å²) in [5.74, 6) is 0.246. The van der Waals surface area contributed by atoms with Gasteiger partial charge in [-0.05, 0) is 61.8 Å². The van der Waals surface area contributed by atoms with Gasteiger partial charge in [-0.25, -0.2) is 0 Å². The number of unbranched alkanes of at least 4 members (excludes halogenated alkanes) is 4.